The maximum absolute atomic E-state index is 15.7. The third-order valence-corrected chi connectivity index (χ3v) is 18.2. The summed E-state index contributed by atoms with van der Waals surface area (Å²) in [4.78, 5) is 71.2. The van der Waals surface area contributed by atoms with E-state index in [9.17, 15) is 37.1 Å². The Morgan fingerprint density at radius 3 is 2.18 bits per heavy atom. The SMILES string of the molecule is Cc1ncsc1-c1ccc(CCC(=O)[C@@H]2C[C@@H](O)CN2C(=O)[C@H](C(C)C)N2Cc3ccccc3C2=O)c(OCCOCCOCCOCCOCCOc2ccc(-c3cnc4[nH]cc(C(=O)c5c(F)ccc(NS(=O)(=O)N6CC[C@@H](F)C6)c5F)c4c3)cc2)c1. The van der Waals surface area contributed by atoms with Gasteiger partial charge in [-0.15, -0.1) is 11.3 Å². The molecule has 0 saturated carbocycles. The Balaban J connectivity index is 0.607. The predicted octanol–water partition coefficient (Wildman–Crippen LogP) is 8.54. The number of benzene rings is 4. The van der Waals surface area contributed by atoms with Gasteiger partial charge >= 0.3 is 10.2 Å². The summed E-state index contributed by atoms with van der Waals surface area (Å²) in [6.07, 6.45) is 1.17. The van der Waals surface area contributed by atoms with Crippen molar-refractivity contribution in [1.82, 2.24) is 29.1 Å². The van der Waals surface area contributed by atoms with Crippen molar-refractivity contribution in [2.45, 2.75) is 77.4 Å². The number of aromatic nitrogens is 3. The number of fused-ring (bicyclic) bond motifs is 2. The highest BCUT2D eigenvalue weighted by Gasteiger charge is 2.46. The van der Waals surface area contributed by atoms with Gasteiger partial charge in [0, 0.05) is 73.5 Å². The van der Waals surface area contributed by atoms with Gasteiger partial charge in [-0.05, 0) is 90.4 Å². The molecule has 6 heterocycles. The minimum atomic E-state index is -4.38. The maximum atomic E-state index is 15.7. The lowest BCUT2D eigenvalue weighted by atomic mass is 9.97. The van der Waals surface area contributed by atoms with E-state index in [2.05, 4.69) is 15.0 Å². The number of ether oxygens (including phenoxy) is 6. The van der Waals surface area contributed by atoms with Gasteiger partial charge < -0.3 is 48.3 Å². The van der Waals surface area contributed by atoms with Gasteiger partial charge in [-0.1, -0.05) is 56.3 Å². The molecule has 3 aromatic heterocycles. The van der Waals surface area contributed by atoms with Crippen molar-refractivity contribution in [2.24, 2.45) is 5.92 Å². The minimum absolute atomic E-state index is 0.0137. The number of thiazole rings is 1. The Hall–Kier alpha value is -7.62. The molecule has 3 N–H and O–H groups in total. The van der Waals surface area contributed by atoms with Gasteiger partial charge in [0.05, 0.1) is 92.3 Å². The average molecular weight is 1270 g/mol. The smallest absolute Gasteiger partial charge is 0.301 e. The molecule has 4 atom stereocenters. The predicted molar refractivity (Wildman–Crippen MR) is 326 cm³/mol. The molecule has 3 aliphatic rings. The van der Waals surface area contributed by atoms with Crippen LogP contribution in [0.5, 0.6) is 11.5 Å². The topological polar surface area (TPSA) is 241 Å². The first-order valence-corrected chi connectivity index (χ1v) is 31.8. The molecule has 0 bridgehead atoms. The molecule has 2 amide bonds. The lowest BCUT2D eigenvalue weighted by Crippen LogP contribution is -2.54. The Morgan fingerprint density at radius 1 is 0.831 bits per heavy atom. The lowest BCUT2D eigenvalue weighted by molar-refractivity contribution is -0.142. The van der Waals surface area contributed by atoms with E-state index in [1.807, 2.05) is 55.8 Å². The van der Waals surface area contributed by atoms with Gasteiger partial charge in [-0.2, -0.15) is 12.7 Å². The largest absolute Gasteiger partial charge is 0.491 e. The van der Waals surface area contributed by atoms with Crippen LogP contribution in [0.15, 0.2) is 103 Å². The number of halogens is 3. The number of aryl methyl sites for hydroxylation is 2. The molecule has 20 nitrogen and oxygen atoms in total. The standard InChI is InChI=1S/C64H70F3N7O13S2/c1-39(2)59(74-35-44-6-4-5-7-49(44)63(74)78)64(79)73-37-47(75)32-54(73)55(76)17-12-42-8-9-43(61-40(3)70-38-88-61)31-56(42)87-29-27-85-25-23-83-21-20-82-22-24-84-26-28-86-48-13-10-41(11-14-48)45-30-50-51(34-69-62(50)68-33-45)60(77)57-52(66)15-16-53(58(57)67)71-89(80,81)72-19-18-46(65)36-72/h4-11,13-16,30-31,33-34,38-39,46-47,54,59,71,75H,12,17-29,32,35-37H2,1-3H3,(H,68,69)/t46-,47-,54+,59+/m1/s1. The number of nitrogens with zero attached hydrogens (tertiary/aromatic N) is 5. The number of carbonyl (C=O) groups is 4. The first-order valence-electron chi connectivity index (χ1n) is 29.5. The van der Waals surface area contributed by atoms with Gasteiger partial charge in [-0.3, -0.25) is 23.9 Å². The summed E-state index contributed by atoms with van der Waals surface area (Å²) in [6.45, 7) is 8.64. The zero-order chi connectivity index (χ0) is 62.8. The van der Waals surface area contributed by atoms with E-state index < -0.39 is 69.8 Å². The highest BCUT2D eigenvalue weighted by atomic mass is 32.2. The van der Waals surface area contributed by atoms with Crippen LogP contribution in [-0.2, 0) is 51.7 Å². The summed E-state index contributed by atoms with van der Waals surface area (Å²) in [5, 5.41) is 11.1. The van der Waals surface area contributed by atoms with Crippen molar-refractivity contribution < 1.29 is 74.3 Å². The molecule has 89 heavy (non-hydrogen) atoms. The van der Waals surface area contributed by atoms with Crippen LogP contribution in [0.25, 0.3) is 32.6 Å². The number of pyridine rings is 1. The summed E-state index contributed by atoms with van der Waals surface area (Å²) >= 11 is 1.52. The number of nitrogens with one attached hydrogen (secondary N) is 2. The van der Waals surface area contributed by atoms with Crippen molar-refractivity contribution in [3.8, 4) is 33.1 Å². The summed E-state index contributed by atoms with van der Waals surface area (Å²) < 4.78 is 108. The minimum Gasteiger partial charge on any atom is -0.491 e. The Labute approximate surface area is 517 Å². The summed E-state index contributed by atoms with van der Waals surface area (Å²) in [5.41, 5.74) is 5.71. The number of alkyl halides is 1. The van der Waals surface area contributed by atoms with E-state index in [-0.39, 0.29) is 92.3 Å². The molecule has 472 valence electrons. The average Bonchev–Trinajstić information content (AvgIpc) is 1.78. The number of carbonyl (C=O) groups excluding carboxylic acids is 4. The molecule has 3 aliphatic heterocycles. The normalized spacial score (nSPS) is 17.3. The molecule has 0 radical (unpaired) electrons. The van der Waals surface area contributed by atoms with Crippen LogP contribution >= 0.6 is 11.3 Å². The second kappa shape index (κ2) is 29.3. The Bertz CT molecular complexity index is 3780. The van der Waals surface area contributed by atoms with E-state index >= 15 is 8.78 Å². The number of ketones is 2. The van der Waals surface area contributed by atoms with E-state index in [1.54, 1.807) is 59.1 Å². The molecule has 0 aliphatic carbocycles. The maximum Gasteiger partial charge on any atom is 0.301 e. The Kier molecular flexibility index (Phi) is 21.2. The van der Waals surface area contributed by atoms with Gasteiger partial charge in [0.25, 0.3) is 5.91 Å². The molecule has 7 aromatic rings. The zero-order valence-electron chi connectivity index (χ0n) is 49.5. The van der Waals surface area contributed by atoms with Crippen molar-refractivity contribution in [1.29, 1.82) is 0 Å². The molecule has 0 unspecified atom stereocenters. The summed E-state index contributed by atoms with van der Waals surface area (Å²) in [7, 11) is -4.38. The highest BCUT2D eigenvalue weighted by molar-refractivity contribution is 7.90. The number of Topliss-reactive ketones (excluding diaryl/α,β-unsaturated/α-hetero) is 1. The van der Waals surface area contributed by atoms with Gasteiger partial charge in [0.1, 0.15) is 48.4 Å². The second-order valence-electron chi connectivity index (χ2n) is 22.2. The number of rotatable bonds is 31. The number of amides is 2. The first-order chi connectivity index (χ1) is 42.9. The van der Waals surface area contributed by atoms with Crippen LogP contribution in [0, 0.1) is 24.5 Å². The molecular weight excluding hydrogens is 1200 g/mol. The second-order valence-corrected chi connectivity index (χ2v) is 24.7. The molecule has 4 aromatic carbocycles. The fourth-order valence-electron chi connectivity index (χ4n) is 11.2. The number of β-amino-alcohol motifs (C(OH)–C–C–N with tert-alkyl or cyclic N) is 1. The van der Waals surface area contributed by atoms with Crippen LogP contribution in [0.4, 0.5) is 18.9 Å². The highest BCUT2D eigenvalue weighted by Crippen LogP contribution is 2.36. The molecule has 25 heteroatoms. The van der Waals surface area contributed by atoms with Gasteiger partial charge in [0.15, 0.2) is 11.6 Å². The first kappa shape index (κ1) is 64.4. The van der Waals surface area contributed by atoms with E-state index in [0.717, 1.165) is 43.7 Å². The Morgan fingerprint density at radius 2 is 1.52 bits per heavy atom. The molecule has 2 saturated heterocycles. The third-order valence-electron chi connectivity index (χ3n) is 15.8. The van der Waals surface area contributed by atoms with E-state index in [0.29, 0.717) is 87.4 Å². The number of aliphatic hydroxyl groups excluding tert-OH is 1. The van der Waals surface area contributed by atoms with E-state index in [1.165, 1.54) is 22.4 Å². The summed E-state index contributed by atoms with van der Waals surface area (Å²) in [5.74, 6) is -3.44. The lowest BCUT2D eigenvalue weighted by Gasteiger charge is -2.35. The van der Waals surface area contributed by atoms with Crippen LogP contribution in [0.2, 0.25) is 0 Å². The molecule has 2 fully saturated rings. The number of likely N-dealkylation sites (tertiary alicyclic amines) is 1. The molecule has 10 rings (SSSR count). The fourth-order valence-corrected chi connectivity index (χ4v) is 13.3. The van der Waals surface area contributed by atoms with Crippen molar-refractivity contribution >= 4 is 61.6 Å². The van der Waals surface area contributed by atoms with Gasteiger partial charge in [0.2, 0.25) is 11.7 Å². The third kappa shape index (κ3) is 15.3. The number of aromatic amines is 1. The van der Waals surface area contributed by atoms with Crippen molar-refractivity contribution in [3.05, 3.63) is 148 Å². The number of hydrogen-bond acceptors (Lipinski definition) is 16. The van der Waals surface area contributed by atoms with Crippen LogP contribution in [-0.4, -0.2) is 176 Å². The fraction of sp³-hybridized carbons (Fsp3) is 0.406. The quantitative estimate of drug-likeness (QED) is 0.0272. The van der Waals surface area contributed by atoms with Crippen LogP contribution in [0.3, 0.4) is 0 Å². The number of H-pyrrole nitrogens is 1. The van der Waals surface area contributed by atoms with Crippen LogP contribution < -0.4 is 14.2 Å². The zero-order valence-corrected chi connectivity index (χ0v) is 51.1. The molecular formula is C64H70F3N7O13S2. The van der Waals surface area contributed by atoms with Crippen molar-refractivity contribution in [2.75, 3.05) is 90.4 Å². The van der Waals surface area contributed by atoms with Gasteiger partial charge in [-0.25, -0.2) is 23.1 Å². The monoisotopic (exact) mass is 1270 g/mol. The molecule has 0 spiro atoms. The number of anilines is 1. The van der Waals surface area contributed by atoms with Crippen LogP contribution in [0.1, 0.15) is 76.2 Å². The number of hydrogen-bond donors (Lipinski definition) is 3. The number of aliphatic hydroxyl groups is 1. The van der Waals surface area contributed by atoms with Crippen molar-refractivity contribution in [3.63, 3.8) is 0 Å². The summed E-state index contributed by atoms with van der Waals surface area (Å²) in [6, 6.07) is 21.9. The van der Waals surface area contributed by atoms with E-state index in [4.69, 9.17) is 28.4 Å².